The lowest BCUT2D eigenvalue weighted by Gasteiger charge is -2.27. The van der Waals surface area contributed by atoms with Crippen molar-refractivity contribution in [3.8, 4) is 5.75 Å². The lowest BCUT2D eigenvalue weighted by molar-refractivity contribution is 0.204. The van der Waals surface area contributed by atoms with E-state index in [4.69, 9.17) is 4.74 Å². The van der Waals surface area contributed by atoms with E-state index >= 15 is 0 Å². The Morgan fingerprint density at radius 3 is 2.55 bits per heavy atom. The molecule has 0 aliphatic carbocycles. The molecule has 1 aliphatic rings. The number of hydrogen-bond acceptors (Lipinski definition) is 3. The van der Waals surface area contributed by atoms with Crippen LogP contribution in [0.25, 0.3) is 0 Å². The number of ether oxygens (including phenoxy) is 1. The number of amides is 2. The maximum absolute atomic E-state index is 12.2. The predicted molar refractivity (Wildman–Crippen MR) is 121 cm³/mol. The van der Waals surface area contributed by atoms with Crippen LogP contribution in [0.2, 0.25) is 0 Å². The maximum atomic E-state index is 12.2. The molecule has 3 rings (SSSR count). The molecule has 1 saturated heterocycles. The summed E-state index contributed by atoms with van der Waals surface area (Å²) < 4.78 is 5.89. The molecule has 1 fully saturated rings. The smallest absolute Gasteiger partial charge is 0.321 e. The van der Waals surface area contributed by atoms with Crippen molar-refractivity contribution in [2.75, 3.05) is 38.1 Å². The molecule has 1 heterocycles. The molecule has 0 spiro atoms. The van der Waals surface area contributed by atoms with Gasteiger partial charge in [0.1, 0.15) is 5.75 Å². The summed E-state index contributed by atoms with van der Waals surface area (Å²) >= 11 is 0. The summed E-state index contributed by atoms with van der Waals surface area (Å²) in [5.74, 6) is 0.955. The number of hydrogen-bond donors (Lipinski definition) is 2. The molecule has 0 aromatic heterocycles. The molecule has 0 unspecified atom stereocenters. The van der Waals surface area contributed by atoms with E-state index < -0.39 is 0 Å². The van der Waals surface area contributed by atoms with Crippen molar-refractivity contribution >= 4 is 24.1 Å². The number of nitrogens with zero attached hydrogens (tertiary/aromatic N) is 1. The molecular formula is C23H32ClN3O2. The van der Waals surface area contributed by atoms with Crippen molar-refractivity contribution in [2.45, 2.75) is 32.6 Å². The molecular weight excluding hydrogens is 386 g/mol. The van der Waals surface area contributed by atoms with Crippen LogP contribution >= 0.6 is 12.4 Å². The normalized spacial score (nSPS) is 13.5. The van der Waals surface area contributed by atoms with Crippen LogP contribution in [0, 0.1) is 0 Å². The number of carbonyl (C=O) groups is 1. The number of rotatable bonds is 8. The van der Waals surface area contributed by atoms with E-state index in [9.17, 15) is 4.79 Å². The second-order valence-corrected chi connectivity index (χ2v) is 7.21. The first-order valence-corrected chi connectivity index (χ1v) is 10.3. The van der Waals surface area contributed by atoms with Gasteiger partial charge in [0.15, 0.2) is 0 Å². The van der Waals surface area contributed by atoms with Crippen molar-refractivity contribution in [1.29, 1.82) is 0 Å². The van der Waals surface area contributed by atoms with Crippen LogP contribution in [0.1, 0.15) is 30.9 Å². The summed E-state index contributed by atoms with van der Waals surface area (Å²) in [6, 6.07) is 16.5. The zero-order chi connectivity index (χ0) is 19.6. The minimum absolute atomic E-state index is 0. The summed E-state index contributed by atoms with van der Waals surface area (Å²) in [7, 11) is 0. The Morgan fingerprint density at radius 2 is 1.83 bits per heavy atom. The highest BCUT2D eigenvalue weighted by Crippen LogP contribution is 2.16. The molecule has 0 atom stereocenters. The van der Waals surface area contributed by atoms with Crippen molar-refractivity contribution < 1.29 is 9.53 Å². The van der Waals surface area contributed by atoms with Crippen molar-refractivity contribution in [3.63, 3.8) is 0 Å². The second-order valence-electron chi connectivity index (χ2n) is 7.21. The number of anilines is 1. The number of aryl methyl sites for hydroxylation is 2. The van der Waals surface area contributed by atoms with Gasteiger partial charge in [-0.25, -0.2) is 4.79 Å². The molecule has 29 heavy (non-hydrogen) atoms. The molecule has 158 valence electrons. The Kier molecular flexibility index (Phi) is 9.81. The third kappa shape index (κ3) is 7.59. The Morgan fingerprint density at radius 1 is 1.07 bits per heavy atom. The van der Waals surface area contributed by atoms with Crippen LogP contribution in [-0.2, 0) is 12.8 Å². The van der Waals surface area contributed by atoms with E-state index in [1.165, 1.54) is 11.1 Å². The summed E-state index contributed by atoms with van der Waals surface area (Å²) in [4.78, 5) is 14.1. The molecule has 2 amide bonds. The third-order valence-electron chi connectivity index (χ3n) is 4.93. The van der Waals surface area contributed by atoms with Gasteiger partial charge in [-0.15, -0.1) is 12.4 Å². The van der Waals surface area contributed by atoms with E-state index in [1.54, 1.807) is 0 Å². The van der Waals surface area contributed by atoms with E-state index in [0.717, 1.165) is 63.3 Å². The lowest BCUT2D eigenvalue weighted by Crippen LogP contribution is -2.48. The number of piperazine rings is 1. The van der Waals surface area contributed by atoms with Crippen molar-refractivity contribution in [1.82, 2.24) is 10.2 Å². The highest BCUT2D eigenvalue weighted by Gasteiger charge is 2.15. The number of benzene rings is 2. The van der Waals surface area contributed by atoms with Crippen molar-refractivity contribution in [3.05, 3.63) is 59.7 Å². The first-order chi connectivity index (χ1) is 13.7. The van der Waals surface area contributed by atoms with Crippen LogP contribution < -0.4 is 15.4 Å². The molecule has 2 aromatic carbocycles. The summed E-state index contributed by atoms with van der Waals surface area (Å²) in [6.45, 7) is 6.12. The lowest BCUT2D eigenvalue weighted by atomic mass is 10.1. The molecule has 0 bridgehead atoms. The van der Waals surface area contributed by atoms with Gasteiger partial charge >= 0.3 is 6.03 Å². The molecule has 5 nitrogen and oxygen atoms in total. The van der Waals surface area contributed by atoms with Gasteiger partial charge in [-0.3, -0.25) is 0 Å². The number of urea groups is 1. The van der Waals surface area contributed by atoms with E-state index in [0.29, 0.717) is 6.61 Å². The van der Waals surface area contributed by atoms with Gasteiger partial charge in [-0.2, -0.15) is 0 Å². The fourth-order valence-electron chi connectivity index (χ4n) is 3.37. The van der Waals surface area contributed by atoms with E-state index in [1.807, 2.05) is 23.1 Å². The quantitative estimate of drug-likeness (QED) is 0.621. The average Bonchev–Trinajstić information content (AvgIpc) is 2.73. The topological polar surface area (TPSA) is 53.6 Å². The maximum Gasteiger partial charge on any atom is 0.321 e. The van der Waals surface area contributed by atoms with Gasteiger partial charge in [0.25, 0.3) is 0 Å². The second kappa shape index (κ2) is 12.3. The van der Waals surface area contributed by atoms with Crippen LogP contribution in [0.3, 0.4) is 0 Å². The number of carbonyl (C=O) groups excluding carboxylic acids is 1. The summed E-state index contributed by atoms with van der Waals surface area (Å²) in [6.07, 6.45) is 4.16. The largest absolute Gasteiger partial charge is 0.494 e. The first-order valence-electron chi connectivity index (χ1n) is 10.3. The Hall–Kier alpha value is -2.24. The average molecular weight is 418 g/mol. The number of nitrogens with one attached hydrogen (secondary N) is 2. The molecule has 0 radical (unpaired) electrons. The fourth-order valence-corrected chi connectivity index (χ4v) is 3.37. The summed E-state index contributed by atoms with van der Waals surface area (Å²) in [5.41, 5.74) is 3.43. The van der Waals surface area contributed by atoms with Gasteiger partial charge < -0.3 is 20.3 Å². The van der Waals surface area contributed by atoms with E-state index in [2.05, 4.69) is 47.9 Å². The zero-order valence-electron chi connectivity index (χ0n) is 17.2. The van der Waals surface area contributed by atoms with Gasteiger partial charge in [0.05, 0.1) is 6.61 Å². The van der Waals surface area contributed by atoms with E-state index in [-0.39, 0.29) is 18.4 Å². The van der Waals surface area contributed by atoms with Gasteiger partial charge in [-0.1, -0.05) is 37.6 Å². The molecule has 2 N–H and O–H groups in total. The van der Waals surface area contributed by atoms with Crippen LogP contribution in [-0.4, -0.2) is 43.7 Å². The van der Waals surface area contributed by atoms with Gasteiger partial charge in [-0.05, 0) is 54.7 Å². The third-order valence-corrected chi connectivity index (χ3v) is 4.93. The molecule has 2 aromatic rings. The van der Waals surface area contributed by atoms with Crippen LogP contribution in [0.5, 0.6) is 5.75 Å². The standard InChI is InChI=1S/C23H31N3O2.ClH/c1-2-5-20-6-3-8-22(18-20)28-17-4-7-19-9-11-21(12-10-19)25-23(27)26-15-13-24-14-16-26;/h3,6,8-12,18,24H,2,4-5,7,13-17H2,1H3,(H,25,27);1H. The highest BCUT2D eigenvalue weighted by molar-refractivity contribution is 5.89. The Balaban J connectivity index is 0.00000300. The molecule has 6 heteroatoms. The van der Waals surface area contributed by atoms with Crippen LogP contribution in [0.4, 0.5) is 10.5 Å². The van der Waals surface area contributed by atoms with Gasteiger partial charge in [0.2, 0.25) is 0 Å². The SMILES string of the molecule is CCCc1cccc(OCCCc2ccc(NC(=O)N3CCNCC3)cc2)c1.Cl. The molecule has 1 aliphatic heterocycles. The fraction of sp³-hybridized carbons (Fsp3) is 0.435. The molecule has 0 saturated carbocycles. The van der Waals surface area contributed by atoms with Crippen molar-refractivity contribution in [2.24, 2.45) is 0 Å². The predicted octanol–water partition coefficient (Wildman–Crippen LogP) is 4.51. The highest BCUT2D eigenvalue weighted by atomic mass is 35.5. The Bertz CT molecular complexity index is 746. The first kappa shape index (κ1) is 23.0. The van der Waals surface area contributed by atoms with Gasteiger partial charge in [0, 0.05) is 31.9 Å². The minimum atomic E-state index is -0.0204. The van der Waals surface area contributed by atoms with Crippen LogP contribution in [0.15, 0.2) is 48.5 Å². The number of halogens is 1. The monoisotopic (exact) mass is 417 g/mol. The zero-order valence-corrected chi connectivity index (χ0v) is 18.0. The Labute approximate surface area is 180 Å². The minimum Gasteiger partial charge on any atom is -0.494 e. The summed E-state index contributed by atoms with van der Waals surface area (Å²) in [5, 5.41) is 6.23.